The van der Waals surface area contributed by atoms with Crippen LogP contribution in [-0.4, -0.2) is 47.4 Å². The van der Waals surface area contributed by atoms with Crippen LogP contribution in [0.25, 0.3) is 0 Å². The van der Waals surface area contributed by atoms with Crippen molar-refractivity contribution in [3.8, 4) is 0 Å². The molecule has 1 amide bonds. The van der Waals surface area contributed by atoms with Crippen molar-refractivity contribution in [2.24, 2.45) is 0 Å². The van der Waals surface area contributed by atoms with Gasteiger partial charge in [-0.3, -0.25) is 9.59 Å². The van der Waals surface area contributed by atoms with Crippen LogP contribution in [-0.2, 0) is 14.3 Å². The van der Waals surface area contributed by atoms with E-state index in [4.69, 9.17) is 4.74 Å². The topological polar surface area (TPSA) is 95.9 Å². The highest BCUT2D eigenvalue weighted by atomic mass is 16.5. The Morgan fingerprint density at radius 3 is 0.791 bits per heavy atom. The maximum atomic E-state index is 12.6. The molecule has 0 aliphatic carbocycles. The first kappa shape index (κ1) is 89.6. The Hall–Kier alpha value is -1.40. The number of amides is 1. The molecule has 0 radical (unpaired) electrons. The average Bonchev–Trinajstić information content (AvgIpc) is 3.70. The van der Waals surface area contributed by atoms with Gasteiger partial charge in [0.15, 0.2) is 0 Å². The van der Waals surface area contributed by atoms with Crippen molar-refractivity contribution in [3.63, 3.8) is 0 Å². The summed E-state index contributed by atoms with van der Waals surface area (Å²) in [4.78, 5) is 24.6. The average molecular weight is 1280 g/mol. The molecule has 0 heterocycles. The van der Waals surface area contributed by atoms with Crippen molar-refractivity contribution < 1.29 is 24.5 Å². The zero-order valence-electron chi connectivity index (χ0n) is 62.4. The van der Waals surface area contributed by atoms with Crippen LogP contribution < -0.4 is 5.32 Å². The van der Waals surface area contributed by atoms with Crippen LogP contribution in [0.5, 0.6) is 0 Å². The van der Waals surface area contributed by atoms with Crippen LogP contribution in [0, 0.1) is 0 Å². The summed E-state index contributed by atoms with van der Waals surface area (Å²) in [6.07, 6.45) is 103. The van der Waals surface area contributed by atoms with E-state index in [0.29, 0.717) is 25.9 Å². The maximum Gasteiger partial charge on any atom is 0.305 e. The van der Waals surface area contributed by atoms with Gasteiger partial charge in [-0.1, -0.05) is 443 Å². The van der Waals surface area contributed by atoms with E-state index in [-0.39, 0.29) is 18.5 Å². The van der Waals surface area contributed by atoms with Crippen molar-refractivity contribution in [1.29, 1.82) is 0 Å². The lowest BCUT2D eigenvalue weighted by molar-refractivity contribution is -0.143. The van der Waals surface area contributed by atoms with E-state index < -0.39 is 12.1 Å². The molecular weight excluding hydrogens is 1110 g/mol. The van der Waals surface area contributed by atoms with Crippen LogP contribution in [0.3, 0.4) is 0 Å². The summed E-state index contributed by atoms with van der Waals surface area (Å²) >= 11 is 0. The van der Waals surface area contributed by atoms with Gasteiger partial charge in [-0.05, 0) is 51.4 Å². The summed E-state index contributed by atoms with van der Waals surface area (Å²) in [5.41, 5.74) is 0. The van der Waals surface area contributed by atoms with E-state index in [0.717, 1.165) is 44.9 Å². The van der Waals surface area contributed by atoms with Gasteiger partial charge in [0, 0.05) is 12.8 Å². The first-order valence-electron chi connectivity index (χ1n) is 42.4. The van der Waals surface area contributed by atoms with Gasteiger partial charge in [-0.25, -0.2) is 0 Å². The SMILES string of the molecule is CCCCCC/C=C\CCCCCCCC(=O)OCCCCCCCCCCCCCCCCCCCCCCCCCCCCCCCCCCCCCCCCCC(=O)NC(CO)C(O)CCCCCCCCCCCCCCCCCCCCCCCC. The standard InChI is InChI=1S/C85H167NO5/c1-3-5-7-9-11-13-15-17-18-19-20-21-41-44-47-50-54-57-61-65-69-73-77-83(88)82(81-87)86-84(89)78-74-70-66-62-58-55-51-48-45-42-39-37-35-33-31-29-27-25-23-22-24-26-28-30-32-34-36-38-40-43-46-49-52-56-60-64-68-72-76-80-91-85(90)79-75-71-67-63-59-53-16-14-12-10-8-6-4-2/h14,16,82-83,87-88H,3-13,15,17-81H2,1-2H3,(H,86,89)/b16-14-. The number of hydrogen-bond donors (Lipinski definition) is 3. The molecule has 0 aromatic carbocycles. The molecule has 0 rings (SSSR count). The number of rotatable bonds is 81. The third-order valence-corrected chi connectivity index (χ3v) is 20.3. The summed E-state index contributed by atoms with van der Waals surface area (Å²) in [6.45, 7) is 5.00. The Balaban J connectivity index is 3.30. The fraction of sp³-hybridized carbons (Fsp3) is 0.953. The predicted octanol–water partition coefficient (Wildman–Crippen LogP) is 28.2. The van der Waals surface area contributed by atoms with E-state index in [1.54, 1.807) is 0 Å². The molecule has 2 atom stereocenters. The molecule has 2 unspecified atom stereocenters. The molecule has 0 aliphatic heterocycles. The molecule has 0 aliphatic rings. The third kappa shape index (κ3) is 77.5. The zero-order valence-corrected chi connectivity index (χ0v) is 62.4. The molecule has 0 aromatic heterocycles. The molecule has 0 bridgehead atoms. The quantitative estimate of drug-likeness (QED) is 0.0320. The minimum atomic E-state index is -0.661. The van der Waals surface area contributed by atoms with Crippen molar-refractivity contribution >= 4 is 11.9 Å². The number of esters is 1. The first-order valence-corrected chi connectivity index (χ1v) is 42.4. The molecule has 6 nitrogen and oxygen atoms in total. The van der Waals surface area contributed by atoms with Crippen LogP contribution in [0.2, 0.25) is 0 Å². The van der Waals surface area contributed by atoms with Crippen molar-refractivity contribution in [1.82, 2.24) is 5.32 Å². The van der Waals surface area contributed by atoms with Gasteiger partial charge in [-0.2, -0.15) is 0 Å². The van der Waals surface area contributed by atoms with E-state index >= 15 is 0 Å². The van der Waals surface area contributed by atoms with E-state index in [1.165, 1.54) is 417 Å². The van der Waals surface area contributed by atoms with Gasteiger partial charge >= 0.3 is 5.97 Å². The maximum absolute atomic E-state index is 12.6. The second kappa shape index (κ2) is 81.0. The Bertz CT molecular complexity index is 1380. The van der Waals surface area contributed by atoms with Gasteiger partial charge < -0.3 is 20.3 Å². The lowest BCUT2D eigenvalue weighted by atomic mass is 10.0. The minimum absolute atomic E-state index is 0.0159. The number of carbonyl (C=O) groups is 2. The van der Waals surface area contributed by atoms with Gasteiger partial charge in [0.1, 0.15) is 0 Å². The summed E-state index contributed by atoms with van der Waals surface area (Å²) in [7, 11) is 0. The van der Waals surface area contributed by atoms with E-state index in [1.807, 2.05) is 0 Å². The molecular formula is C85H167NO5. The Morgan fingerprint density at radius 2 is 0.516 bits per heavy atom. The van der Waals surface area contributed by atoms with Crippen LogP contribution >= 0.6 is 0 Å². The molecule has 0 saturated heterocycles. The lowest BCUT2D eigenvalue weighted by Crippen LogP contribution is -2.45. The second-order valence-corrected chi connectivity index (χ2v) is 29.5. The van der Waals surface area contributed by atoms with Crippen LogP contribution in [0.1, 0.15) is 495 Å². The Kier molecular flexibility index (Phi) is 79.8. The van der Waals surface area contributed by atoms with Gasteiger partial charge in [0.2, 0.25) is 5.91 Å². The highest BCUT2D eigenvalue weighted by Gasteiger charge is 2.20. The largest absolute Gasteiger partial charge is 0.466 e. The van der Waals surface area contributed by atoms with Gasteiger partial charge in [0.25, 0.3) is 0 Å². The Morgan fingerprint density at radius 1 is 0.297 bits per heavy atom. The first-order chi connectivity index (χ1) is 45.0. The molecule has 0 aromatic rings. The zero-order chi connectivity index (χ0) is 65.6. The highest BCUT2D eigenvalue weighted by molar-refractivity contribution is 5.76. The van der Waals surface area contributed by atoms with E-state index in [2.05, 4.69) is 31.3 Å². The smallest absolute Gasteiger partial charge is 0.305 e. The van der Waals surface area contributed by atoms with Gasteiger partial charge in [0.05, 0.1) is 25.4 Å². The number of unbranched alkanes of at least 4 members (excludes halogenated alkanes) is 68. The van der Waals surface area contributed by atoms with E-state index in [9.17, 15) is 19.8 Å². The highest BCUT2D eigenvalue weighted by Crippen LogP contribution is 2.21. The third-order valence-electron chi connectivity index (χ3n) is 20.3. The summed E-state index contributed by atoms with van der Waals surface area (Å²) < 4.78 is 5.49. The molecule has 6 heteroatoms. The Labute approximate surface area is 571 Å². The number of allylic oxidation sites excluding steroid dienone is 2. The fourth-order valence-corrected chi connectivity index (χ4v) is 13.9. The van der Waals surface area contributed by atoms with Crippen molar-refractivity contribution in [2.45, 2.75) is 508 Å². The number of hydrogen-bond acceptors (Lipinski definition) is 5. The number of carbonyl (C=O) groups excluding carboxylic acids is 2. The van der Waals surface area contributed by atoms with Crippen LogP contribution in [0.4, 0.5) is 0 Å². The van der Waals surface area contributed by atoms with Crippen molar-refractivity contribution in [3.05, 3.63) is 12.2 Å². The summed E-state index contributed by atoms with van der Waals surface area (Å²) in [5.74, 6) is -0.00669. The van der Waals surface area contributed by atoms with Crippen LogP contribution in [0.15, 0.2) is 12.2 Å². The molecule has 91 heavy (non-hydrogen) atoms. The molecule has 3 N–H and O–H groups in total. The fourth-order valence-electron chi connectivity index (χ4n) is 13.9. The number of ether oxygens (including phenoxy) is 1. The molecule has 542 valence electrons. The lowest BCUT2D eigenvalue weighted by Gasteiger charge is -2.22. The summed E-state index contributed by atoms with van der Waals surface area (Å²) in [5, 5.41) is 23.5. The normalized spacial score (nSPS) is 12.4. The summed E-state index contributed by atoms with van der Waals surface area (Å²) in [6, 6.07) is -0.537. The number of aliphatic hydroxyl groups excluding tert-OH is 2. The predicted molar refractivity (Wildman–Crippen MR) is 403 cm³/mol. The molecule has 0 fully saturated rings. The molecule has 0 spiro atoms. The monoisotopic (exact) mass is 1280 g/mol. The van der Waals surface area contributed by atoms with Crippen molar-refractivity contribution in [2.75, 3.05) is 13.2 Å². The second-order valence-electron chi connectivity index (χ2n) is 29.5. The molecule has 0 saturated carbocycles. The van der Waals surface area contributed by atoms with Gasteiger partial charge in [-0.15, -0.1) is 0 Å². The number of aliphatic hydroxyl groups is 2. The minimum Gasteiger partial charge on any atom is -0.466 e. The number of nitrogens with one attached hydrogen (secondary N) is 1.